The molecule has 26 heavy (non-hydrogen) atoms. The zero-order valence-electron chi connectivity index (χ0n) is 15.5. The van der Waals surface area contributed by atoms with Crippen LogP contribution in [0, 0.1) is 39.0 Å². The van der Waals surface area contributed by atoms with E-state index in [1.807, 2.05) is 24.3 Å². The van der Waals surface area contributed by atoms with Gasteiger partial charge in [0.25, 0.3) is 0 Å². The zero-order chi connectivity index (χ0) is 18.8. The van der Waals surface area contributed by atoms with Gasteiger partial charge in [0.2, 0.25) is 0 Å². The van der Waals surface area contributed by atoms with Gasteiger partial charge in [-0.2, -0.15) is 5.26 Å². The minimum Gasteiger partial charge on any atom is -0.318 e. The molecule has 0 aliphatic carbocycles. The molecule has 3 aromatic rings. The van der Waals surface area contributed by atoms with Gasteiger partial charge in [0.1, 0.15) is 0 Å². The van der Waals surface area contributed by atoms with Crippen molar-refractivity contribution in [2.75, 3.05) is 0 Å². The second-order valence-corrected chi connectivity index (χ2v) is 6.94. The predicted octanol–water partition coefficient (Wildman–Crippen LogP) is 6.43. The van der Waals surface area contributed by atoms with Gasteiger partial charge in [-0.15, -0.1) is 0 Å². The van der Waals surface area contributed by atoms with E-state index in [1.54, 1.807) is 6.07 Å². The van der Waals surface area contributed by atoms with E-state index in [-0.39, 0.29) is 0 Å². The van der Waals surface area contributed by atoms with Crippen molar-refractivity contribution in [1.29, 1.82) is 5.26 Å². The van der Waals surface area contributed by atoms with Crippen molar-refractivity contribution >= 4 is 23.3 Å². The Hall–Kier alpha value is -2.76. The second kappa shape index (κ2) is 7.23. The highest BCUT2D eigenvalue weighted by Crippen LogP contribution is 2.29. The molecule has 0 saturated heterocycles. The van der Waals surface area contributed by atoms with E-state index in [2.05, 4.69) is 62.6 Å². The predicted molar refractivity (Wildman–Crippen MR) is 110 cm³/mol. The largest absolute Gasteiger partial charge is 0.318 e. The summed E-state index contributed by atoms with van der Waals surface area (Å²) in [5.41, 5.74) is 8.30. The molecule has 3 heteroatoms. The van der Waals surface area contributed by atoms with Crippen LogP contribution in [0.3, 0.4) is 0 Å². The molecule has 0 fully saturated rings. The molecule has 0 N–H and O–H groups in total. The minimum atomic E-state index is 0.566. The number of rotatable bonds is 3. The average molecular weight is 361 g/mol. The van der Waals surface area contributed by atoms with Crippen LogP contribution in [-0.2, 0) is 0 Å². The lowest BCUT2D eigenvalue weighted by molar-refractivity contribution is 0.950. The van der Waals surface area contributed by atoms with Crippen LogP contribution in [0.4, 0.5) is 0 Å². The van der Waals surface area contributed by atoms with Gasteiger partial charge < -0.3 is 4.57 Å². The van der Waals surface area contributed by atoms with Crippen LogP contribution in [0.2, 0.25) is 5.02 Å². The number of aryl methyl sites for hydroxylation is 2. The van der Waals surface area contributed by atoms with Gasteiger partial charge in [0, 0.05) is 27.7 Å². The first-order valence-corrected chi connectivity index (χ1v) is 8.94. The Bertz CT molecular complexity index is 1050. The van der Waals surface area contributed by atoms with E-state index in [9.17, 15) is 5.26 Å². The summed E-state index contributed by atoms with van der Waals surface area (Å²) >= 11 is 6.28. The lowest BCUT2D eigenvalue weighted by Crippen LogP contribution is -2.02. The molecule has 1 aromatic heterocycles. The molecule has 0 bridgehead atoms. The Kier molecular flexibility index (Phi) is 5.02. The highest BCUT2D eigenvalue weighted by molar-refractivity contribution is 6.32. The lowest BCUT2D eigenvalue weighted by Gasteiger charge is -2.14. The summed E-state index contributed by atoms with van der Waals surface area (Å²) in [5, 5.41) is 10.2. The molecule has 2 nitrogen and oxygen atoms in total. The van der Waals surface area contributed by atoms with E-state index < -0.39 is 0 Å². The standard InChI is InChI=1S/C23H21ClN2/c1-15-8-7-11-23(17(15)3)26-16(2)12-19(18(26)4)13-20(14-25)21-9-5-6-10-22(21)24/h5-13H,1-4H3. The molecule has 0 amide bonds. The van der Waals surface area contributed by atoms with E-state index in [1.165, 1.54) is 16.8 Å². The number of hydrogen-bond donors (Lipinski definition) is 0. The van der Waals surface area contributed by atoms with Crippen molar-refractivity contribution in [3.05, 3.63) is 87.2 Å². The van der Waals surface area contributed by atoms with E-state index in [0.717, 1.165) is 22.5 Å². The Balaban J connectivity index is 2.16. The third-order valence-electron chi connectivity index (χ3n) is 4.87. The van der Waals surface area contributed by atoms with Crippen LogP contribution in [0.15, 0.2) is 48.5 Å². The van der Waals surface area contributed by atoms with Gasteiger partial charge in [-0.25, -0.2) is 0 Å². The zero-order valence-corrected chi connectivity index (χ0v) is 16.2. The van der Waals surface area contributed by atoms with Gasteiger partial charge in [0.15, 0.2) is 0 Å². The monoisotopic (exact) mass is 360 g/mol. The van der Waals surface area contributed by atoms with E-state index in [0.29, 0.717) is 10.6 Å². The molecule has 2 aromatic carbocycles. The smallest absolute Gasteiger partial charge is 0.0998 e. The van der Waals surface area contributed by atoms with Crippen molar-refractivity contribution in [2.24, 2.45) is 0 Å². The number of nitrogens with zero attached hydrogens (tertiary/aromatic N) is 2. The fourth-order valence-electron chi connectivity index (χ4n) is 3.29. The van der Waals surface area contributed by atoms with Crippen LogP contribution >= 0.6 is 11.6 Å². The van der Waals surface area contributed by atoms with Crippen molar-refractivity contribution in [3.8, 4) is 11.8 Å². The maximum Gasteiger partial charge on any atom is 0.0998 e. The summed E-state index contributed by atoms with van der Waals surface area (Å²) < 4.78 is 2.25. The fourth-order valence-corrected chi connectivity index (χ4v) is 3.53. The van der Waals surface area contributed by atoms with Gasteiger partial charge in [-0.3, -0.25) is 0 Å². The molecule has 0 unspecified atom stereocenters. The van der Waals surface area contributed by atoms with Crippen molar-refractivity contribution in [1.82, 2.24) is 4.57 Å². The number of hydrogen-bond acceptors (Lipinski definition) is 1. The van der Waals surface area contributed by atoms with Crippen LogP contribution in [0.25, 0.3) is 17.3 Å². The third kappa shape index (κ3) is 3.19. The summed E-state index contributed by atoms with van der Waals surface area (Å²) in [6, 6.07) is 18.2. The quantitative estimate of drug-likeness (QED) is 0.495. The van der Waals surface area contributed by atoms with Gasteiger partial charge >= 0.3 is 0 Å². The van der Waals surface area contributed by atoms with Crippen LogP contribution in [0.5, 0.6) is 0 Å². The van der Waals surface area contributed by atoms with Gasteiger partial charge in [-0.1, -0.05) is 41.9 Å². The van der Waals surface area contributed by atoms with Gasteiger partial charge in [-0.05, 0) is 68.7 Å². The van der Waals surface area contributed by atoms with Crippen molar-refractivity contribution in [3.63, 3.8) is 0 Å². The normalized spacial score (nSPS) is 11.5. The topological polar surface area (TPSA) is 28.7 Å². The van der Waals surface area contributed by atoms with Gasteiger partial charge in [0.05, 0.1) is 11.6 Å². The minimum absolute atomic E-state index is 0.566. The molecular weight excluding hydrogens is 340 g/mol. The molecule has 1 heterocycles. The Labute approximate surface area is 160 Å². The number of nitriles is 1. The summed E-state index contributed by atoms with van der Waals surface area (Å²) in [6.07, 6.45) is 1.92. The van der Waals surface area contributed by atoms with Crippen molar-refractivity contribution < 1.29 is 0 Å². The third-order valence-corrected chi connectivity index (χ3v) is 5.20. The second-order valence-electron chi connectivity index (χ2n) is 6.53. The maximum absolute atomic E-state index is 9.65. The first kappa shape index (κ1) is 18.0. The summed E-state index contributed by atoms with van der Waals surface area (Å²) in [5.74, 6) is 0. The first-order chi connectivity index (χ1) is 12.4. The Morgan fingerprint density at radius 3 is 2.46 bits per heavy atom. The Morgan fingerprint density at radius 2 is 1.77 bits per heavy atom. The number of halogens is 1. The molecule has 0 atom stereocenters. The van der Waals surface area contributed by atoms with Crippen LogP contribution in [0.1, 0.15) is 33.6 Å². The molecule has 0 aliphatic heterocycles. The van der Waals surface area contributed by atoms with Crippen LogP contribution in [-0.4, -0.2) is 4.57 Å². The van der Waals surface area contributed by atoms with E-state index in [4.69, 9.17) is 11.6 Å². The lowest BCUT2D eigenvalue weighted by atomic mass is 10.0. The summed E-state index contributed by atoms with van der Waals surface area (Å²) in [7, 11) is 0. The number of aromatic nitrogens is 1. The number of benzene rings is 2. The fraction of sp³-hybridized carbons (Fsp3) is 0.174. The maximum atomic E-state index is 9.65. The summed E-state index contributed by atoms with van der Waals surface area (Å²) in [6.45, 7) is 8.44. The molecule has 0 spiro atoms. The SMILES string of the molecule is Cc1cccc(-n2c(C)cc(C=C(C#N)c3ccccc3Cl)c2C)c1C. The summed E-state index contributed by atoms with van der Waals surface area (Å²) in [4.78, 5) is 0. The molecule has 3 rings (SSSR count). The molecular formula is C23H21ClN2. The van der Waals surface area contributed by atoms with Crippen molar-refractivity contribution in [2.45, 2.75) is 27.7 Å². The number of allylic oxidation sites excluding steroid dienone is 1. The molecule has 0 aliphatic rings. The highest BCUT2D eigenvalue weighted by atomic mass is 35.5. The average Bonchev–Trinajstić information content (AvgIpc) is 2.90. The molecule has 130 valence electrons. The Morgan fingerprint density at radius 1 is 1.04 bits per heavy atom. The van der Waals surface area contributed by atoms with E-state index >= 15 is 0 Å². The van der Waals surface area contributed by atoms with Crippen LogP contribution < -0.4 is 0 Å². The first-order valence-electron chi connectivity index (χ1n) is 8.56. The molecule has 0 saturated carbocycles. The highest BCUT2D eigenvalue weighted by Gasteiger charge is 2.13. The molecule has 0 radical (unpaired) electrons.